The smallest absolute Gasteiger partial charge is 0.416 e. The summed E-state index contributed by atoms with van der Waals surface area (Å²) in [7, 11) is 1.25. The van der Waals surface area contributed by atoms with Crippen molar-refractivity contribution in [3.05, 3.63) is 102 Å². The van der Waals surface area contributed by atoms with E-state index in [0.29, 0.717) is 5.56 Å². The molecule has 0 aliphatic carbocycles. The molecule has 180 valence electrons. The molecule has 0 saturated heterocycles. The first kappa shape index (κ1) is 23.7. The average Bonchev–Trinajstić information content (AvgIpc) is 3.35. The Morgan fingerprint density at radius 1 is 0.943 bits per heavy atom. The zero-order valence-electron chi connectivity index (χ0n) is 18.3. The summed E-state index contributed by atoms with van der Waals surface area (Å²) < 4.78 is 60.7. The van der Waals surface area contributed by atoms with Crippen molar-refractivity contribution >= 4 is 17.4 Å². The van der Waals surface area contributed by atoms with Crippen molar-refractivity contribution in [1.29, 1.82) is 0 Å². The minimum absolute atomic E-state index is 0.0141. The topological polar surface area (TPSA) is 81.1 Å². The van der Waals surface area contributed by atoms with E-state index in [9.17, 15) is 22.4 Å². The maximum absolute atomic E-state index is 14.6. The van der Waals surface area contributed by atoms with Gasteiger partial charge in [0.15, 0.2) is 0 Å². The van der Waals surface area contributed by atoms with Gasteiger partial charge < -0.3 is 19.9 Å². The van der Waals surface area contributed by atoms with Crippen LogP contribution in [0.15, 0.2) is 79.6 Å². The molecule has 2 amide bonds. The van der Waals surface area contributed by atoms with E-state index in [0.717, 1.165) is 23.8 Å². The molecule has 0 fully saturated rings. The first-order valence-electron chi connectivity index (χ1n) is 10.3. The highest BCUT2D eigenvalue weighted by atomic mass is 19.4. The average molecular weight is 485 g/mol. The molecule has 0 saturated carbocycles. The van der Waals surface area contributed by atoms with Gasteiger partial charge in [-0.1, -0.05) is 6.07 Å². The molecule has 1 atom stereocenters. The lowest BCUT2D eigenvalue weighted by molar-refractivity contribution is -0.137. The highest BCUT2D eigenvalue weighted by Gasteiger charge is 2.31. The lowest BCUT2D eigenvalue weighted by Gasteiger charge is -2.21. The van der Waals surface area contributed by atoms with Gasteiger partial charge >= 0.3 is 12.2 Å². The number of urea groups is 1. The second-order valence-corrected chi connectivity index (χ2v) is 7.42. The van der Waals surface area contributed by atoms with E-state index in [1.54, 1.807) is 53.9 Å². The number of hydrogen-bond donors (Lipinski definition) is 2. The number of ether oxygens (including phenoxy) is 1. The van der Waals surface area contributed by atoms with Crippen LogP contribution in [0.2, 0.25) is 0 Å². The number of benzene rings is 2. The first-order chi connectivity index (χ1) is 16.8. The number of carbonyl (C=O) groups excluding carboxylic acids is 1. The Labute approximate surface area is 197 Å². The van der Waals surface area contributed by atoms with Crippen molar-refractivity contribution in [3.63, 3.8) is 0 Å². The van der Waals surface area contributed by atoms with Gasteiger partial charge in [0, 0.05) is 24.8 Å². The molecule has 0 radical (unpaired) electrons. The fourth-order valence-corrected chi connectivity index (χ4v) is 3.57. The summed E-state index contributed by atoms with van der Waals surface area (Å²) in [6, 6.07) is 9.13. The molecule has 4 aromatic rings. The SMILES string of the molecule is COc1ccc(C(F)(F)F)cc1NC(=O)Nc1cc(C(c2ccncc2)n2ccnc2)ccc1F. The molecule has 7 nitrogen and oxygen atoms in total. The van der Waals surface area contributed by atoms with Gasteiger partial charge in [0.25, 0.3) is 0 Å². The van der Waals surface area contributed by atoms with Crippen molar-refractivity contribution in [2.24, 2.45) is 0 Å². The number of halogens is 4. The Hall–Kier alpha value is -4.41. The van der Waals surface area contributed by atoms with E-state index in [-0.39, 0.29) is 17.1 Å². The fraction of sp³-hybridized carbons (Fsp3) is 0.125. The summed E-state index contributed by atoms with van der Waals surface area (Å²) in [5.41, 5.74) is 0.119. The van der Waals surface area contributed by atoms with Gasteiger partial charge in [-0.25, -0.2) is 14.2 Å². The van der Waals surface area contributed by atoms with Crippen LogP contribution in [-0.2, 0) is 6.18 Å². The van der Waals surface area contributed by atoms with Crippen molar-refractivity contribution in [1.82, 2.24) is 14.5 Å². The number of hydrogen-bond acceptors (Lipinski definition) is 4. The van der Waals surface area contributed by atoms with Gasteiger partial charge in [0.2, 0.25) is 0 Å². The molecule has 0 spiro atoms. The first-order valence-corrected chi connectivity index (χ1v) is 10.3. The summed E-state index contributed by atoms with van der Waals surface area (Å²) >= 11 is 0. The van der Waals surface area contributed by atoms with Crippen LogP contribution in [0.1, 0.15) is 22.7 Å². The number of imidazole rings is 1. The van der Waals surface area contributed by atoms with E-state index in [4.69, 9.17) is 4.74 Å². The summed E-state index contributed by atoms with van der Waals surface area (Å²) in [6.07, 6.45) is 3.58. The number of nitrogens with zero attached hydrogens (tertiary/aromatic N) is 3. The molecular weight excluding hydrogens is 466 g/mol. The van der Waals surface area contributed by atoms with Gasteiger partial charge in [-0.05, 0) is 53.6 Å². The van der Waals surface area contributed by atoms with Crippen molar-refractivity contribution in [2.45, 2.75) is 12.2 Å². The largest absolute Gasteiger partial charge is 0.495 e. The predicted octanol–water partition coefficient (Wildman–Crippen LogP) is 5.73. The molecule has 4 rings (SSSR count). The monoisotopic (exact) mass is 485 g/mol. The number of rotatable bonds is 6. The molecule has 0 aliphatic heterocycles. The maximum Gasteiger partial charge on any atom is 0.416 e. The lowest BCUT2D eigenvalue weighted by atomic mass is 9.98. The van der Waals surface area contributed by atoms with Crippen LogP contribution in [0.4, 0.5) is 33.7 Å². The zero-order chi connectivity index (χ0) is 25.0. The van der Waals surface area contributed by atoms with E-state index >= 15 is 0 Å². The van der Waals surface area contributed by atoms with Gasteiger partial charge in [0.05, 0.1) is 36.4 Å². The summed E-state index contributed by atoms with van der Waals surface area (Å²) in [5.74, 6) is -0.709. The molecule has 35 heavy (non-hydrogen) atoms. The molecule has 2 heterocycles. The number of methoxy groups -OCH3 is 1. The fourth-order valence-electron chi connectivity index (χ4n) is 3.57. The molecule has 0 aliphatic rings. The summed E-state index contributed by atoms with van der Waals surface area (Å²) in [6.45, 7) is 0. The molecule has 0 bridgehead atoms. The van der Waals surface area contributed by atoms with Crippen LogP contribution >= 0.6 is 0 Å². The number of amides is 2. The maximum atomic E-state index is 14.6. The molecule has 1 unspecified atom stereocenters. The summed E-state index contributed by atoms with van der Waals surface area (Å²) in [4.78, 5) is 20.7. The lowest BCUT2D eigenvalue weighted by Crippen LogP contribution is -2.21. The van der Waals surface area contributed by atoms with Crippen LogP contribution < -0.4 is 15.4 Å². The number of carbonyl (C=O) groups is 1. The number of anilines is 2. The minimum atomic E-state index is -4.62. The third-order valence-corrected chi connectivity index (χ3v) is 5.17. The van der Waals surface area contributed by atoms with Crippen LogP contribution in [-0.4, -0.2) is 27.7 Å². The number of alkyl halides is 3. The molecule has 11 heteroatoms. The van der Waals surface area contributed by atoms with Crippen molar-refractivity contribution < 1.29 is 27.1 Å². The Morgan fingerprint density at radius 2 is 1.69 bits per heavy atom. The predicted molar refractivity (Wildman–Crippen MR) is 121 cm³/mol. The Bertz CT molecular complexity index is 1310. The number of pyridine rings is 1. The van der Waals surface area contributed by atoms with Gasteiger partial charge in [0.1, 0.15) is 11.6 Å². The molecule has 2 aromatic carbocycles. The van der Waals surface area contributed by atoms with Crippen LogP contribution in [0.25, 0.3) is 0 Å². The third kappa shape index (κ3) is 5.40. The molecule has 2 N–H and O–H groups in total. The number of nitrogens with one attached hydrogen (secondary N) is 2. The van der Waals surface area contributed by atoms with E-state index in [1.807, 2.05) is 0 Å². The van der Waals surface area contributed by atoms with Gasteiger partial charge in [-0.2, -0.15) is 13.2 Å². The molecular formula is C24H19F4N5O2. The van der Waals surface area contributed by atoms with E-state index in [1.165, 1.54) is 19.2 Å². The molecule has 2 aromatic heterocycles. The Kier molecular flexibility index (Phi) is 6.67. The normalized spacial score (nSPS) is 12.1. The van der Waals surface area contributed by atoms with Crippen LogP contribution in [0.3, 0.4) is 0 Å². The van der Waals surface area contributed by atoms with E-state index < -0.39 is 29.6 Å². The highest BCUT2D eigenvalue weighted by Crippen LogP contribution is 2.35. The second kappa shape index (κ2) is 9.84. The van der Waals surface area contributed by atoms with Crippen LogP contribution in [0, 0.1) is 5.82 Å². The van der Waals surface area contributed by atoms with Crippen LogP contribution in [0.5, 0.6) is 5.75 Å². The van der Waals surface area contributed by atoms with E-state index in [2.05, 4.69) is 20.6 Å². The highest BCUT2D eigenvalue weighted by molar-refractivity contribution is 6.00. The zero-order valence-corrected chi connectivity index (χ0v) is 18.3. The number of aromatic nitrogens is 3. The Balaban J connectivity index is 1.62. The second-order valence-electron chi connectivity index (χ2n) is 7.42. The summed E-state index contributed by atoms with van der Waals surface area (Å²) in [5, 5.41) is 4.65. The standard InChI is InChI=1S/C24H19F4N5O2/c1-35-21-5-3-17(24(26,27)28)13-20(21)32-23(34)31-19-12-16(2-4-18(19)25)22(33-11-10-30-14-33)15-6-8-29-9-7-15/h2-14,22H,1H3,(H2,31,32,34). The van der Waals surface area contributed by atoms with Crippen molar-refractivity contribution in [2.75, 3.05) is 17.7 Å². The van der Waals surface area contributed by atoms with Gasteiger partial charge in [-0.15, -0.1) is 0 Å². The minimum Gasteiger partial charge on any atom is -0.495 e. The van der Waals surface area contributed by atoms with Crippen molar-refractivity contribution in [3.8, 4) is 5.75 Å². The Morgan fingerprint density at radius 3 is 2.34 bits per heavy atom. The van der Waals surface area contributed by atoms with Gasteiger partial charge in [-0.3, -0.25) is 4.98 Å². The quantitative estimate of drug-likeness (QED) is 0.342. The third-order valence-electron chi connectivity index (χ3n) is 5.17.